The van der Waals surface area contributed by atoms with Crippen molar-refractivity contribution in [3.8, 4) is 0 Å². The number of nitrogens with one attached hydrogen (secondary N) is 8. The van der Waals surface area contributed by atoms with Crippen molar-refractivity contribution >= 4 is 76.9 Å². The molecule has 8 unspecified atom stereocenters. The quantitative estimate of drug-likeness (QED) is 0.0296. The van der Waals surface area contributed by atoms with Gasteiger partial charge in [0.15, 0.2) is 0 Å². The van der Waals surface area contributed by atoms with Crippen molar-refractivity contribution in [1.82, 2.24) is 47.4 Å². The highest BCUT2D eigenvalue weighted by atomic mass is 32.2. The molecule has 10 N–H and O–H groups in total. The van der Waals surface area contributed by atoms with Gasteiger partial charge in [0.05, 0.1) is 24.2 Å². The minimum absolute atomic E-state index is 0.0672. The van der Waals surface area contributed by atoms with Crippen molar-refractivity contribution in [1.29, 1.82) is 0 Å². The van der Waals surface area contributed by atoms with Crippen molar-refractivity contribution in [2.75, 3.05) is 31.1 Å². The van der Waals surface area contributed by atoms with Gasteiger partial charge in [-0.05, 0) is 64.2 Å². The number of carbonyl (C=O) groups excluding carboxylic acids is 9. The Morgan fingerprint density at radius 2 is 1.13 bits per heavy atom. The minimum atomic E-state index is -1.05. The third kappa shape index (κ3) is 14.3. The van der Waals surface area contributed by atoms with Crippen LogP contribution < -0.4 is 48.3 Å². The summed E-state index contributed by atoms with van der Waals surface area (Å²) >= 11 is 3.68. The van der Waals surface area contributed by atoms with Gasteiger partial charge in [-0.3, -0.25) is 38.5 Å². The maximum atomic E-state index is 13.5. The molecule has 0 radical (unpaired) electrons. The van der Waals surface area contributed by atoms with Gasteiger partial charge in [-0.1, -0.05) is 12.8 Å². The number of hydrogen-bond donors (Lipinski definition) is 9. The molecule has 60 heavy (non-hydrogen) atoms. The van der Waals surface area contributed by atoms with Gasteiger partial charge in [-0.15, -0.1) is 0 Å². The molecule has 332 valence electrons. The average Bonchev–Trinajstić information content (AvgIpc) is 4.02. The smallest absolute Gasteiger partial charge is 0.315 e. The van der Waals surface area contributed by atoms with E-state index in [1.54, 1.807) is 0 Å². The van der Waals surface area contributed by atoms with Crippen molar-refractivity contribution in [3.63, 3.8) is 0 Å². The molecule has 0 aromatic heterocycles. The fourth-order valence-corrected chi connectivity index (χ4v) is 11.2. The lowest BCUT2D eigenvalue weighted by Gasteiger charge is -2.22. The van der Waals surface area contributed by atoms with Gasteiger partial charge in [-0.2, -0.15) is 23.5 Å². The van der Waals surface area contributed by atoms with E-state index in [0.717, 1.165) is 67.1 Å². The molecule has 21 heteroatoms. The number of amides is 11. The van der Waals surface area contributed by atoms with Crippen LogP contribution in [0.4, 0.5) is 9.59 Å². The number of fused-ring (bicyclic) bond motifs is 2. The van der Waals surface area contributed by atoms with Crippen LogP contribution in [0.5, 0.6) is 0 Å². The fourth-order valence-electron chi connectivity index (χ4n) is 8.09. The van der Waals surface area contributed by atoms with E-state index in [-0.39, 0.29) is 73.9 Å². The normalized spacial score (nSPS) is 24.8. The number of nitrogens with two attached hydrogens (primary N) is 1. The summed E-state index contributed by atoms with van der Waals surface area (Å²) in [6.07, 6.45) is 10.2. The second kappa shape index (κ2) is 23.5. The number of hydrogen-bond acceptors (Lipinski definition) is 11. The molecule has 4 fully saturated rings. The molecule has 11 amide bonds. The molecule has 0 aromatic rings. The van der Waals surface area contributed by atoms with Gasteiger partial charge in [0.2, 0.25) is 29.5 Å². The van der Waals surface area contributed by atoms with Crippen LogP contribution in [0.3, 0.4) is 0 Å². The number of primary amides is 1. The summed E-state index contributed by atoms with van der Waals surface area (Å²) < 4.78 is 0. The summed E-state index contributed by atoms with van der Waals surface area (Å²) in [7, 11) is 0. The summed E-state index contributed by atoms with van der Waals surface area (Å²) in [5.41, 5.74) is 5.64. The Balaban J connectivity index is 0.972. The molecule has 0 bridgehead atoms. The van der Waals surface area contributed by atoms with Crippen LogP contribution in [-0.4, -0.2) is 136 Å². The molecule has 5 aliphatic heterocycles. The first-order valence-corrected chi connectivity index (χ1v) is 23.3. The van der Waals surface area contributed by atoms with Crippen molar-refractivity contribution < 1.29 is 43.2 Å². The maximum Gasteiger partial charge on any atom is 0.315 e. The highest BCUT2D eigenvalue weighted by Gasteiger charge is 2.43. The number of nitrogens with zero attached hydrogens (tertiary/aromatic N) is 1. The topological polar surface area (TPSA) is 279 Å². The van der Waals surface area contributed by atoms with Crippen LogP contribution in [0.25, 0.3) is 0 Å². The summed E-state index contributed by atoms with van der Waals surface area (Å²) in [5, 5.41) is 23.6. The SMILES string of the molecule is NC(=O)C(CCCCNC(=O)CCCCC1SCC2NC(=O)NC21)NC(=O)C(CCCCNC(=O)CCCCC1SCC2NC(=O)NC21)NC(=O)CCN1C(=O)C=CC1=O. The van der Waals surface area contributed by atoms with Crippen LogP contribution in [0.15, 0.2) is 12.2 Å². The summed E-state index contributed by atoms with van der Waals surface area (Å²) in [4.78, 5) is 112. The Kier molecular flexibility index (Phi) is 18.2. The molecule has 19 nitrogen and oxygen atoms in total. The number of unbranched alkanes of at least 4 members (excludes halogenated alkanes) is 4. The number of carbonyl (C=O) groups is 9. The van der Waals surface area contributed by atoms with Gasteiger partial charge in [0.1, 0.15) is 12.1 Å². The van der Waals surface area contributed by atoms with E-state index < -0.39 is 41.6 Å². The van der Waals surface area contributed by atoms with Crippen LogP contribution in [0.2, 0.25) is 0 Å². The van der Waals surface area contributed by atoms with E-state index in [9.17, 15) is 43.2 Å². The molecular formula is C39H60N10O9S2. The number of rotatable bonds is 27. The zero-order valence-electron chi connectivity index (χ0n) is 33.9. The van der Waals surface area contributed by atoms with Gasteiger partial charge < -0.3 is 48.3 Å². The first-order valence-electron chi connectivity index (χ1n) is 21.2. The van der Waals surface area contributed by atoms with Crippen LogP contribution >= 0.6 is 23.5 Å². The Morgan fingerprint density at radius 3 is 1.63 bits per heavy atom. The molecular weight excluding hydrogens is 817 g/mol. The largest absolute Gasteiger partial charge is 0.368 e. The van der Waals surface area contributed by atoms with Gasteiger partial charge in [0.25, 0.3) is 11.8 Å². The molecule has 5 heterocycles. The van der Waals surface area contributed by atoms with Crippen LogP contribution in [0, 0.1) is 0 Å². The summed E-state index contributed by atoms with van der Waals surface area (Å²) in [6.45, 7) is 0.599. The Morgan fingerprint density at radius 1 is 0.633 bits per heavy atom. The van der Waals surface area contributed by atoms with Crippen molar-refractivity contribution in [3.05, 3.63) is 12.2 Å². The molecule has 0 saturated carbocycles. The Hall–Kier alpha value is -4.53. The van der Waals surface area contributed by atoms with Gasteiger partial charge >= 0.3 is 12.1 Å². The zero-order valence-corrected chi connectivity index (χ0v) is 35.6. The molecule has 0 spiro atoms. The monoisotopic (exact) mass is 876 g/mol. The average molecular weight is 877 g/mol. The third-order valence-electron chi connectivity index (χ3n) is 11.4. The van der Waals surface area contributed by atoms with E-state index in [0.29, 0.717) is 62.1 Å². The van der Waals surface area contributed by atoms with E-state index in [1.807, 2.05) is 23.5 Å². The van der Waals surface area contributed by atoms with Gasteiger partial charge in [-0.25, -0.2) is 9.59 Å². The second-order valence-corrected chi connectivity index (χ2v) is 18.5. The highest BCUT2D eigenvalue weighted by molar-refractivity contribution is 8.00. The lowest BCUT2D eigenvalue weighted by molar-refractivity contribution is -0.137. The molecule has 5 aliphatic rings. The lowest BCUT2D eigenvalue weighted by Crippen LogP contribution is -2.53. The first kappa shape index (κ1) is 46.5. The predicted octanol–water partition coefficient (Wildman–Crippen LogP) is -0.219. The summed E-state index contributed by atoms with van der Waals surface area (Å²) in [6, 6.07) is -1.68. The Labute approximate surface area is 358 Å². The maximum absolute atomic E-state index is 13.5. The fraction of sp³-hybridized carbons (Fsp3) is 0.718. The minimum Gasteiger partial charge on any atom is -0.368 e. The Bertz CT molecular complexity index is 1620. The number of urea groups is 2. The van der Waals surface area contributed by atoms with E-state index in [1.165, 1.54) is 0 Å². The molecule has 5 rings (SSSR count). The number of thioether (sulfide) groups is 2. The molecule has 0 aromatic carbocycles. The van der Waals surface area contributed by atoms with E-state index in [2.05, 4.69) is 42.5 Å². The van der Waals surface area contributed by atoms with E-state index >= 15 is 0 Å². The zero-order chi connectivity index (χ0) is 43.0. The van der Waals surface area contributed by atoms with Crippen molar-refractivity contribution in [2.45, 2.75) is 143 Å². The standard InChI is InChI=1S/C39H60N10O9S2/c40-36(55)23(9-5-7-18-41-29(50)13-3-1-11-27-34-25(21-59-27)45-38(57)47-34)44-37(56)24(43-31(52)17-20-49-32(53)15-16-33(49)54)10-6-8-19-42-30(51)14-4-2-12-28-35-26(22-60-28)46-39(58)48-35/h15-16,23-28,34-35H,1-14,17-22H2,(H2,40,55)(H,41,50)(H,42,51)(H,43,52)(H,44,56)(H2,45,47,57)(H2,46,48,58). The lowest BCUT2D eigenvalue weighted by atomic mass is 10.0. The molecule has 8 atom stereocenters. The molecule has 4 saturated heterocycles. The van der Waals surface area contributed by atoms with Gasteiger partial charge in [0, 0.05) is 73.1 Å². The predicted molar refractivity (Wildman–Crippen MR) is 225 cm³/mol. The third-order valence-corrected chi connectivity index (χ3v) is 14.4. The number of imide groups is 1. The van der Waals surface area contributed by atoms with E-state index in [4.69, 9.17) is 5.73 Å². The van der Waals surface area contributed by atoms with Crippen molar-refractivity contribution in [2.24, 2.45) is 5.73 Å². The second-order valence-electron chi connectivity index (χ2n) is 15.9. The molecule has 0 aliphatic carbocycles. The van der Waals surface area contributed by atoms with Crippen LogP contribution in [0.1, 0.15) is 96.3 Å². The first-order chi connectivity index (χ1) is 28.9. The van der Waals surface area contributed by atoms with Crippen LogP contribution in [-0.2, 0) is 33.6 Å². The summed E-state index contributed by atoms with van der Waals surface area (Å²) in [5.74, 6) is -1.34. The highest BCUT2D eigenvalue weighted by Crippen LogP contribution is 2.34.